The second-order valence-electron chi connectivity index (χ2n) is 4.57. The zero-order chi connectivity index (χ0) is 15.2. The molecule has 3 N–H and O–H groups in total. The van der Waals surface area contributed by atoms with Crippen LogP contribution in [0.4, 0.5) is 0 Å². The van der Waals surface area contributed by atoms with Crippen LogP contribution in [0.5, 0.6) is 11.5 Å². The van der Waals surface area contributed by atoms with E-state index in [0.717, 1.165) is 18.4 Å². The van der Waals surface area contributed by atoms with Crippen molar-refractivity contribution in [2.75, 3.05) is 6.61 Å². The summed E-state index contributed by atoms with van der Waals surface area (Å²) in [5.74, 6) is 0.766. The lowest BCUT2D eigenvalue weighted by Crippen LogP contribution is -2.23. The number of nitrogens with two attached hydrogens (primary N) is 1. The quantitative estimate of drug-likeness (QED) is 0.273. The van der Waals surface area contributed by atoms with Gasteiger partial charge in [-0.1, -0.05) is 0 Å². The molecule has 6 nitrogen and oxygen atoms in total. The number of carbonyl (C=O) groups excluding carboxylic acids is 1. The molecule has 1 aliphatic rings. The van der Waals surface area contributed by atoms with E-state index in [1.54, 1.807) is 24.4 Å². The van der Waals surface area contributed by atoms with Gasteiger partial charge in [0.1, 0.15) is 0 Å². The third-order valence-electron chi connectivity index (χ3n) is 2.78. The first-order chi connectivity index (χ1) is 10.1. The summed E-state index contributed by atoms with van der Waals surface area (Å²) in [6.07, 6.45) is 3.35. The molecule has 0 amide bonds. The van der Waals surface area contributed by atoms with Gasteiger partial charge in [-0.3, -0.25) is 10.2 Å². The predicted octanol–water partition coefficient (Wildman–Crippen LogP) is 1.57. The number of esters is 1. The maximum absolute atomic E-state index is 11.7. The Kier molecular flexibility index (Phi) is 5.10. The number of ether oxygens (including phenoxy) is 2. The predicted molar refractivity (Wildman–Crippen MR) is 83.5 cm³/mol. The zero-order valence-electron chi connectivity index (χ0n) is 11.7. The molecule has 0 saturated heterocycles. The minimum absolute atomic E-state index is 0.0375. The molecule has 1 aromatic carbocycles. The number of benzene rings is 1. The molecular formula is C14H17N3O3S. The van der Waals surface area contributed by atoms with E-state index in [-0.39, 0.29) is 17.0 Å². The Hall–Kier alpha value is -2.15. The van der Waals surface area contributed by atoms with E-state index in [4.69, 9.17) is 15.2 Å². The molecule has 0 spiro atoms. The van der Waals surface area contributed by atoms with E-state index in [1.165, 1.54) is 0 Å². The Labute approximate surface area is 128 Å². The van der Waals surface area contributed by atoms with Crippen molar-refractivity contribution in [3.8, 4) is 11.5 Å². The monoisotopic (exact) mass is 307 g/mol. The van der Waals surface area contributed by atoms with Crippen LogP contribution in [0.3, 0.4) is 0 Å². The number of thiocarbonyl (C=S) groups is 1. The molecule has 0 aromatic heterocycles. The van der Waals surface area contributed by atoms with Crippen LogP contribution < -0.4 is 20.6 Å². The van der Waals surface area contributed by atoms with Gasteiger partial charge in [0.15, 0.2) is 16.6 Å². The van der Waals surface area contributed by atoms with Crippen molar-refractivity contribution in [1.29, 1.82) is 0 Å². The summed E-state index contributed by atoms with van der Waals surface area (Å²) >= 11 is 4.65. The highest BCUT2D eigenvalue weighted by molar-refractivity contribution is 7.80. The maximum Gasteiger partial charge on any atom is 0.314 e. The van der Waals surface area contributed by atoms with Crippen molar-refractivity contribution in [3.05, 3.63) is 23.8 Å². The number of hydrogen-bond donors (Lipinski definition) is 2. The molecule has 1 aliphatic carbocycles. The largest absolute Gasteiger partial charge is 0.490 e. The minimum atomic E-state index is -0.201. The lowest BCUT2D eigenvalue weighted by molar-refractivity contribution is -0.135. The lowest BCUT2D eigenvalue weighted by atomic mass is 10.2. The number of carbonyl (C=O) groups is 1. The third-order valence-corrected chi connectivity index (χ3v) is 2.87. The van der Waals surface area contributed by atoms with Gasteiger partial charge in [-0.2, -0.15) is 5.10 Å². The highest BCUT2D eigenvalue weighted by Crippen LogP contribution is 2.34. The van der Waals surface area contributed by atoms with E-state index in [0.29, 0.717) is 18.1 Å². The summed E-state index contributed by atoms with van der Waals surface area (Å²) in [7, 11) is 0. The fraction of sp³-hybridized carbons (Fsp3) is 0.357. The fourth-order valence-electron chi connectivity index (χ4n) is 1.64. The molecule has 0 unspecified atom stereocenters. The van der Waals surface area contributed by atoms with E-state index in [1.807, 2.05) is 6.92 Å². The van der Waals surface area contributed by atoms with Crippen LogP contribution in [0.2, 0.25) is 0 Å². The number of hydrogen-bond acceptors (Lipinski definition) is 5. The second kappa shape index (κ2) is 7.03. The smallest absolute Gasteiger partial charge is 0.314 e. The third kappa shape index (κ3) is 4.71. The topological polar surface area (TPSA) is 85.9 Å². The van der Waals surface area contributed by atoms with Gasteiger partial charge in [-0.05, 0) is 55.7 Å². The van der Waals surface area contributed by atoms with Crippen molar-refractivity contribution >= 4 is 29.5 Å². The molecule has 1 fully saturated rings. The molecule has 7 heteroatoms. The molecule has 2 rings (SSSR count). The van der Waals surface area contributed by atoms with Crippen LogP contribution in [-0.4, -0.2) is 23.9 Å². The summed E-state index contributed by atoms with van der Waals surface area (Å²) < 4.78 is 10.9. The standard InChI is InChI=1S/C14H17N3O3S/c1-2-19-12-7-9(8-16-17-14(15)21)3-6-11(12)20-13(18)10-4-5-10/h3,6-8,10H,2,4-5H2,1H3,(H3,15,17,21). The van der Waals surface area contributed by atoms with E-state index in [9.17, 15) is 4.79 Å². The van der Waals surface area contributed by atoms with Crippen LogP contribution in [0.15, 0.2) is 23.3 Å². The normalized spacial score (nSPS) is 14.0. The molecule has 0 radical (unpaired) electrons. The number of nitrogens with zero attached hydrogens (tertiary/aromatic N) is 1. The van der Waals surface area contributed by atoms with Crippen molar-refractivity contribution < 1.29 is 14.3 Å². The Morgan fingerprint density at radius 1 is 1.52 bits per heavy atom. The van der Waals surface area contributed by atoms with Gasteiger partial charge in [-0.25, -0.2) is 0 Å². The molecule has 1 aromatic rings. The maximum atomic E-state index is 11.7. The Bertz CT molecular complexity index is 571. The molecule has 1 saturated carbocycles. The Morgan fingerprint density at radius 2 is 2.29 bits per heavy atom. The Balaban J connectivity index is 2.11. The first-order valence-corrected chi connectivity index (χ1v) is 7.08. The van der Waals surface area contributed by atoms with E-state index >= 15 is 0 Å². The van der Waals surface area contributed by atoms with E-state index < -0.39 is 0 Å². The molecule has 0 aliphatic heterocycles. The van der Waals surface area contributed by atoms with Crippen molar-refractivity contribution in [2.24, 2.45) is 16.8 Å². The van der Waals surface area contributed by atoms with Gasteiger partial charge in [0.25, 0.3) is 0 Å². The van der Waals surface area contributed by atoms with Crippen LogP contribution in [0, 0.1) is 5.92 Å². The van der Waals surface area contributed by atoms with Gasteiger partial charge in [0.05, 0.1) is 18.7 Å². The molecule has 21 heavy (non-hydrogen) atoms. The molecule has 0 atom stereocenters. The first-order valence-electron chi connectivity index (χ1n) is 6.67. The Morgan fingerprint density at radius 3 is 2.90 bits per heavy atom. The van der Waals surface area contributed by atoms with Gasteiger partial charge < -0.3 is 15.2 Å². The average molecular weight is 307 g/mol. The highest BCUT2D eigenvalue weighted by atomic mass is 32.1. The van der Waals surface area contributed by atoms with Gasteiger partial charge >= 0.3 is 5.97 Å². The summed E-state index contributed by atoms with van der Waals surface area (Å²) in [6.45, 7) is 2.33. The fourth-order valence-corrected chi connectivity index (χ4v) is 1.69. The molecule has 0 heterocycles. The molecule has 0 bridgehead atoms. The highest BCUT2D eigenvalue weighted by Gasteiger charge is 2.32. The lowest BCUT2D eigenvalue weighted by Gasteiger charge is -2.11. The summed E-state index contributed by atoms with van der Waals surface area (Å²) in [5.41, 5.74) is 8.51. The van der Waals surface area contributed by atoms with E-state index in [2.05, 4.69) is 22.7 Å². The van der Waals surface area contributed by atoms with Gasteiger partial charge in [0.2, 0.25) is 0 Å². The number of hydrazone groups is 1. The van der Waals surface area contributed by atoms with Gasteiger partial charge in [0, 0.05) is 0 Å². The minimum Gasteiger partial charge on any atom is -0.490 e. The second-order valence-corrected chi connectivity index (χ2v) is 5.01. The first kappa shape index (κ1) is 15.2. The van der Waals surface area contributed by atoms with Crippen molar-refractivity contribution in [2.45, 2.75) is 19.8 Å². The summed E-state index contributed by atoms with van der Waals surface area (Å²) in [5, 5.41) is 3.96. The van der Waals surface area contributed by atoms with Gasteiger partial charge in [-0.15, -0.1) is 0 Å². The van der Waals surface area contributed by atoms with Crippen molar-refractivity contribution in [3.63, 3.8) is 0 Å². The van der Waals surface area contributed by atoms with Crippen LogP contribution in [0.1, 0.15) is 25.3 Å². The number of rotatable bonds is 6. The zero-order valence-corrected chi connectivity index (χ0v) is 12.5. The summed E-state index contributed by atoms with van der Waals surface area (Å²) in [6, 6.07) is 5.19. The summed E-state index contributed by atoms with van der Waals surface area (Å²) in [4.78, 5) is 11.7. The van der Waals surface area contributed by atoms with Crippen molar-refractivity contribution in [1.82, 2.24) is 5.43 Å². The van der Waals surface area contributed by atoms with Crippen LogP contribution >= 0.6 is 12.2 Å². The average Bonchev–Trinajstić information content (AvgIpc) is 3.26. The molecular weight excluding hydrogens is 290 g/mol. The SMILES string of the molecule is CCOc1cc(C=NNC(N)=S)ccc1OC(=O)C1CC1. The van der Waals surface area contributed by atoms with Crippen LogP contribution in [-0.2, 0) is 4.79 Å². The molecule has 112 valence electrons. The number of nitrogens with one attached hydrogen (secondary N) is 1. The van der Waals surface area contributed by atoms with Crippen LogP contribution in [0.25, 0.3) is 0 Å².